The third-order valence-corrected chi connectivity index (χ3v) is 2.97. The van der Waals surface area contributed by atoms with Gasteiger partial charge in [-0.15, -0.1) is 0 Å². The van der Waals surface area contributed by atoms with Gasteiger partial charge in [0.2, 0.25) is 0 Å². The van der Waals surface area contributed by atoms with E-state index in [-0.39, 0.29) is 0 Å². The molecule has 0 spiro atoms. The van der Waals surface area contributed by atoms with Crippen molar-refractivity contribution in [2.75, 3.05) is 14.2 Å². The van der Waals surface area contributed by atoms with Crippen molar-refractivity contribution in [3.63, 3.8) is 0 Å². The van der Waals surface area contributed by atoms with Crippen LogP contribution >= 0.6 is 0 Å². The van der Waals surface area contributed by atoms with E-state index in [9.17, 15) is 0 Å². The Kier molecular flexibility index (Phi) is 4.96. The molecule has 0 amide bonds. The SMILES string of the molecule is CNCc1ccc(OC)cc1OCc1cncc(C)c1. The second kappa shape index (κ2) is 6.91. The number of rotatable bonds is 6. The molecule has 20 heavy (non-hydrogen) atoms. The van der Waals surface area contributed by atoms with Crippen molar-refractivity contribution in [3.05, 3.63) is 53.3 Å². The van der Waals surface area contributed by atoms with Gasteiger partial charge in [-0.1, -0.05) is 6.07 Å². The Balaban J connectivity index is 2.14. The monoisotopic (exact) mass is 272 g/mol. The van der Waals surface area contributed by atoms with E-state index in [1.807, 2.05) is 44.6 Å². The molecule has 4 nitrogen and oxygen atoms in total. The number of nitrogens with zero attached hydrogens (tertiary/aromatic N) is 1. The number of aryl methyl sites for hydroxylation is 1. The maximum atomic E-state index is 5.91. The zero-order chi connectivity index (χ0) is 14.4. The van der Waals surface area contributed by atoms with Gasteiger partial charge in [0, 0.05) is 36.1 Å². The standard InChI is InChI=1S/C16H20N2O2/c1-12-6-13(9-18-8-12)11-20-16-7-15(19-3)5-4-14(16)10-17-2/h4-9,17H,10-11H2,1-3H3. The Bertz CT molecular complexity index is 570. The number of hydrogen-bond acceptors (Lipinski definition) is 4. The fourth-order valence-electron chi connectivity index (χ4n) is 1.99. The molecule has 0 aliphatic carbocycles. The fraction of sp³-hybridized carbons (Fsp3) is 0.312. The minimum Gasteiger partial charge on any atom is -0.497 e. The van der Waals surface area contributed by atoms with Crippen molar-refractivity contribution in [2.24, 2.45) is 0 Å². The Morgan fingerprint density at radius 1 is 1.20 bits per heavy atom. The molecule has 2 aromatic rings. The first-order valence-electron chi connectivity index (χ1n) is 6.57. The third kappa shape index (κ3) is 3.71. The summed E-state index contributed by atoms with van der Waals surface area (Å²) < 4.78 is 11.2. The smallest absolute Gasteiger partial charge is 0.127 e. The van der Waals surface area contributed by atoms with Gasteiger partial charge in [0.05, 0.1) is 7.11 Å². The van der Waals surface area contributed by atoms with Crippen molar-refractivity contribution in [1.29, 1.82) is 0 Å². The summed E-state index contributed by atoms with van der Waals surface area (Å²) >= 11 is 0. The molecule has 0 saturated heterocycles. The van der Waals surface area contributed by atoms with E-state index in [1.165, 1.54) is 0 Å². The van der Waals surface area contributed by atoms with E-state index >= 15 is 0 Å². The van der Waals surface area contributed by atoms with Crippen LogP contribution in [0.15, 0.2) is 36.7 Å². The summed E-state index contributed by atoms with van der Waals surface area (Å²) in [4.78, 5) is 4.17. The molecule has 0 radical (unpaired) electrons. The number of pyridine rings is 1. The third-order valence-electron chi connectivity index (χ3n) is 2.97. The van der Waals surface area contributed by atoms with Crippen LogP contribution in [-0.2, 0) is 13.2 Å². The predicted molar refractivity (Wildman–Crippen MR) is 79.1 cm³/mol. The van der Waals surface area contributed by atoms with Crippen molar-refractivity contribution in [1.82, 2.24) is 10.3 Å². The van der Waals surface area contributed by atoms with Crippen LogP contribution in [0.1, 0.15) is 16.7 Å². The summed E-state index contributed by atoms with van der Waals surface area (Å²) in [5.74, 6) is 1.63. The molecule has 1 aromatic carbocycles. The van der Waals surface area contributed by atoms with E-state index < -0.39 is 0 Å². The lowest BCUT2D eigenvalue weighted by Crippen LogP contribution is -2.08. The summed E-state index contributed by atoms with van der Waals surface area (Å²) in [5, 5.41) is 3.14. The molecule has 1 N–H and O–H groups in total. The molecule has 106 valence electrons. The Labute approximate surface area is 119 Å². The molecular weight excluding hydrogens is 252 g/mol. The first kappa shape index (κ1) is 14.3. The van der Waals surface area contributed by atoms with Crippen molar-refractivity contribution in [3.8, 4) is 11.5 Å². The first-order valence-corrected chi connectivity index (χ1v) is 6.57. The van der Waals surface area contributed by atoms with Gasteiger partial charge in [-0.25, -0.2) is 0 Å². The number of nitrogens with one attached hydrogen (secondary N) is 1. The zero-order valence-corrected chi connectivity index (χ0v) is 12.1. The molecule has 0 unspecified atom stereocenters. The highest BCUT2D eigenvalue weighted by Gasteiger charge is 2.06. The highest BCUT2D eigenvalue weighted by molar-refractivity contribution is 5.40. The van der Waals surface area contributed by atoms with Crippen LogP contribution in [0.4, 0.5) is 0 Å². The van der Waals surface area contributed by atoms with E-state index in [1.54, 1.807) is 7.11 Å². The van der Waals surface area contributed by atoms with Gasteiger partial charge in [0.25, 0.3) is 0 Å². The molecule has 4 heteroatoms. The van der Waals surface area contributed by atoms with Gasteiger partial charge in [-0.2, -0.15) is 0 Å². The average Bonchev–Trinajstić information content (AvgIpc) is 2.46. The fourth-order valence-corrected chi connectivity index (χ4v) is 1.99. The largest absolute Gasteiger partial charge is 0.497 e. The molecule has 1 aromatic heterocycles. The second-order valence-corrected chi connectivity index (χ2v) is 4.66. The van der Waals surface area contributed by atoms with Crippen LogP contribution < -0.4 is 14.8 Å². The molecule has 0 aliphatic heterocycles. The van der Waals surface area contributed by atoms with Crippen molar-refractivity contribution >= 4 is 0 Å². The Morgan fingerprint density at radius 3 is 2.75 bits per heavy atom. The van der Waals surface area contributed by atoms with Crippen LogP contribution in [0.3, 0.4) is 0 Å². The van der Waals surface area contributed by atoms with Crippen LogP contribution in [0, 0.1) is 6.92 Å². The summed E-state index contributed by atoms with van der Waals surface area (Å²) in [7, 11) is 3.57. The van der Waals surface area contributed by atoms with E-state index in [0.29, 0.717) is 6.61 Å². The Morgan fingerprint density at radius 2 is 2.05 bits per heavy atom. The minimum atomic E-state index is 0.499. The maximum Gasteiger partial charge on any atom is 0.127 e. The Hall–Kier alpha value is -2.07. The van der Waals surface area contributed by atoms with Gasteiger partial charge in [0.15, 0.2) is 0 Å². The number of hydrogen-bond donors (Lipinski definition) is 1. The predicted octanol–water partition coefficient (Wildman–Crippen LogP) is 2.70. The summed E-state index contributed by atoms with van der Waals surface area (Å²) in [6.45, 7) is 3.28. The maximum absolute atomic E-state index is 5.91. The summed E-state index contributed by atoms with van der Waals surface area (Å²) in [5.41, 5.74) is 3.30. The molecule has 0 saturated carbocycles. The second-order valence-electron chi connectivity index (χ2n) is 4.66. The van der Waals surface area contributed by atoms with Crippen LogP contribution in [0.25, 0.3) is 0 Å². The van der Waals surface area contributed by atoms with Crippen LogP contribution in [0.5, 0.6) is 11.5 Å². The lowest BCUT2D eigenvalue weighted by atomic mass is 10.2. The van der Waals surface area contributed by atoms with Gasteiger partial charge < -0.3 is 14.8 Å². The quantitative estimate of drug-likeness (QED) is 0.878. The lowest BCUT2D eigenvalue weighted by molar-refractivity contribution is 0.299. The molecular formula is C16H20N2O2. The van der Waals surface area contributed by atoms with Gasteiger partial charge in [-0.3, -0.25) is 4.98 Å². The van der Waals surface area contributed by atoms with E-state index in [4.69, 9.17) is 9.47 Å². The van der Waals surface area contributed by atoms with Crippen LogP contribution in [0.2, 0.25) is 0 Å². The number of benzene rings is 1. The number of methoxy groups -OCH3 is 1. The summed E-state index contributed by atoms with van der Waals surface area (Å²) in [6, 6.07) is 7.94. The van der Waals surface area contributed by atoms with E-state index in [2.05, 4.69) is 16.4 Å². The number of aromatic nitrogens is 1. The molecule has 0 atom stereocenters. The van der Waals surface area contributed by atoms with Gasteiger partial charge in [0.1, 0.15) is 18.1 Å². The molecule has 2 rings (SSSR count). The molecule has 0 fully saturated rings. The molecule has 0 aliphatic rings. The average molecular weight is 272 g/mol. The highest BCUT2D eigenvalue weighted by Crippen LogP contribution is 2.25. The van der Waals surface area contributed by atoms with Crippen molar-refractivity contribution in [2.45, 2.75) is 20.1 Å². The van der Waals surface area contributed by atoms with Crippen LogP contribution in [-0.4, -0.2) is 19.1 Å². The minimum absolute atomic E-state index is 0.499. The lowest BCUT2D eigenvalue weighted by Gasteiger charge is -2.13. The van der Waals surface area contributed by atoms with Gasteiger partial charge in [-0.05, 0) is 31.7 Å². The zero-order valence-electron chi connectivity index (χ0n) is 12.1. The highest BCUT2D eigenvalue weighted by atomic mass is 16.5. The van der Waals surface area contributed by atoms with Crippen molar-refractivity contribution < 1.29 is 9.47 Å². The normalized spacial score (nSPS) is 10.3. The summed E-state index contributed by atoms with van der Waals surface area (Å²) in [6.07, 6.45) is 3.66. The first-order chi connectivity index (χ1) is 9.72. The number of ether oxygens (including phenoxy) is 2. The van der Waals surface area contributed by atoms with Gasteiger partial charge >= 0.3 is 0 Å². The van der Waals surface area contributed by atoms with E-state index in [0.717, 1.165) is 34.7 Å². The molecule has 1 heterocycles. The topological polar surface area (TPSA) is 43.4 Å². The molecule has 0 bridgehead atoms.